The Kier molecular flexibility index (Phi) is 5.90. The van der Waals surface area contributed by atoms with Gasteiger partial charge in [0.2, 0.25) is 0 Å². The fraction of sp³-hybridized carbons (Fsp3) is 0.286. The molecule has 0 bridgehead atoms. The van der Waals surface area contributed by atoms with E-state index in [1.807, 2.05) is 13.0 Å². The number of fused-ring (bicyclic) bond motifs is 1. The molecule has 3 N–H and O–H groups in total. The standard InChI is InChI=1S/C21H22ClN5O2S/c1-12-3-4-18(23-11-12)25-20(29)14-9-13(22)10-16(28)19(14)26-21-24-15-5-7-27(2)8-6-17(15)30-21/h3-4,9-11,28H,5-8H2,1-2H3,(H,24,26)(H,23,25,29). The molecule has 0 fully saturated rings. The van der Waals surface area contributed by atoms with E-state index < -0.39 is 5.91 Å². The van der Waals surface area contributed by atoms with Gasteiger partial charge in [0, 0.05) is 41.7 Å². The highest BCUT2D eigenvalue weighted by atomic mass is 35.5. The highest BCUT2D eigenvalue weighted by molar-refractivity contribution is 7.15. The molecule has 3 heterocycles. The first-order valence-corrected chi connectivity index (χ1v) is 10.8. The molecule has 0 spiro atoms. The first-order valence-electron chi connectivity index (χ1n) is 9.59. The Morgan fingerprint density at radius 1 is 1.27 bits per heavy atom. The highest BCUT2D eigenvalue weighted by Gasteiger charge is 2.21. The smallest absolute Gasteiger partial charge is 0.259 e. The Labute approximate surface area is 183 Å². The molecule has 9 heteroatoms. The van der Waals surface area contributed by atoms with Crippen molar-refractivity contribution in [2.45, 2.75) is 19.8 Å². The number of anilines is 3. The van der Waals surface area contributed by atoms with Gasteiger partial charge in [0.15, 0.2) is 5.13 Å². The number of phenolic OH excluding ortho intramolecular Hbond substituents is 1. The van der Waals surface area contributed by atoms with E-state index in [0.29, 0.717) is 10.9 Å². The van der Waals surface area contributed by atoms with Gasteiger partial charge in [0.1, 0.15) is 11.6 Å². The van der Waals surface area contributed by atoms with Crippen molar-refractivity contribution in [3.8, 4) is 5.75 Å². The lowest BCUT2D eigenvalue weighted by Crippen LogP contribution is -2.20. The topological polar surface area (TPSA) is 90.4 Å². The summed E-state index contributed by atoms with van der Waals surface area (Å²) >= 11 is 7.65. The number of rotatable bonds is 4. The summed E-state index contributed by atoms with van der Waals surface area (Å²) in [6.45, 7) is 3.86. The van der Waals surface area contributed by atoms with E-state index >= 15 is 0 Å². The quantitative estimate of drug-likeness (QED) is 0.523. The number of hydrogen-bond donors (Lipinski definition) is 3. The van der Waals surface area contributed by atoms with Crippen LogP contribution in [0.2, 0.25) is 5.02 Å². The third-order valence-corrected chi connectivity index (χ3v) is 6.23. The normalized spacial score (nSPS) is 14.1. The van der Waals surface area contributed by atoms with Gasteiger partial charge in [0.25, 0.3) is 5.91 Å². The van der Waals surface area contributed by atoms with Crippen molar-refractivity contribution in [3.05, 3.63) is 57.2 Å². The highest BCUT2D eigenvalue weighted by Crippen LogP contribution is 2.36. The van der Waals surface area contributed by atoms with Gasteiger partial charge in [-0.15, -0.1) is 11.3 Å². The minimum Gasteiger partial charge on any atom is -0.506 e. The number of benzene rings is 1. The van der Waals surface area contributed by atoms with Gasteiger partial charge in [-0.2, -0.15) is 0 Å². The summed E-state index contributed by atoms with van der Waals surface area (Å²) in [5, 5.41) is 17.3. The molecule has 0 radical (unpaired) electrons. The second-order valence-electron chi connectivity index (χ2n) is 7.34. The van der Waals surface area contributed by atoms with Crippen LogP contribution in [0.3, 0.4) is 0 Å². The number of amides is 1. The van der Waals surface area contributed by atoms with E-state index in [4.69, 9.17) is 16.6 Å². The fourth-order valence-electron chi connectivity index (χ4n) is 3.26. The van der Waals surface area contributed by atoms with Crippen LogP contribution in [0.25, 0.3) is 0 Å². The lowest BCUT2D eigenvalue weighted by Gasteiger charge is -2.13. The van der Waals surface area contributed by atoms with Gasteiger partial charge in [-0.3, -0.25) is 4.79 Å². The third kappa shape index (κ3) is 4.56. The van der Waals surface area contributed by atoms with E-state index in [1.165, 1.54) is 17.0 Å². The predicted molar refractivity (Wildman–Crippen MR) is 120 cm³/mol. The maximum Gasteiger partial charge on any atom is 0.259 e. The zero-order chi connectivity index (χ0) is 21.3. The first kappa shape index (κ1) is 20.6. The monoisotopic (exact) mass is 443 g/mol. The minimum absolute atomic E-state index is 0.116. The van der Waals surface area contributed by atoms with Crippen molar-refractivity contribution < 1.29 is 9.90 Å². The van der Waals surface area contributed by atoms with Gasteiger partial charge in [-0.05, 0) is 38.1 Å². The summed E-state index contributed by atoms with van der Waals surface area (Å²) in [7, 11) is 2.11. The van der Waals surface area contributed by atoms with Gasteiger partial charge >= 0.3 is 0 Å². The number of aromatic hydroxyl groups is 1. The number of aryl methyl sites for hydroxylation is 1. The van der Waals surface area contributed by atoms with Crippen LogP contribution < -0.4 is 10.6 Å². The molecular formula is C21H22ClN5O2S. The molecule has 0 saturated carbocycles. The zero-order valence-electron chi connectivity index (χ0n) is 16.7. The van der Waals surface area contributed by atoms with Crippen molar-refractivity contribution in [1.82, 2.24) is 14.9 Å². The average Bonchev–Trinajstić information content (AvgIpc) is 3.01. The van der Waals surface area contributed by atoms with Crippen LogP contribution in [0, 0.1) is 6.92 Å². The van der Waals surface area contributed by atoms with Crippen LogP contribution in [0.4, 0.5) is 16.6 Å². The number of nitrogens with one attached hydrogen (secondary N) is 2. The molecule has 1 aliphatic heterocycles. The molecule has 3 aromatic rings. The summed E-state index contributed by atoms with van der Waals surface area (Å²) < 4.78 is 0. The number of likely N-dealkylation sites (N-methyl/N-ethyl adjacent to an activating group) is 1. The molecule has 1 aliphatic rings. The van der Waals surface area contributed by atoms with Crippen molar-refractivity contribution in [2.24, 2.45) is 0 Å². The predicted octanol–water partition coefficient (Wildman–Crippen LogP) is 4.23. The van der Waals surface area contributed by atoms with E-state index in [-0.39, 0.29) is 22.0 Å². The van der Waals surface area contributed by atoms with Gasteiger partial charge in [-0.25, -0.2) is 9.97 Å². The molecule has 1 amide bonds. The Morgan fingerprint density at radius 2 is 2.07 bits per heavy atom. The summed E-state index contributed by atoms with van der Waals surface area (Å²) in [4.78, 5) is 25.3. The van der Waals surface area contributed by atoms with Crippen molar-refractivity contribution >= 4 is 45.5 Å². The van der Waals surface area contributed by atoms with E-state index in [2.05, 4.69) is 27.6 Å². The Balaban J connectivity index is 1.61. The first-order chi connectivity index (χ1) is 14.4. The lowest BCUT2D eigenvalue weighted by molar-refractivity contribution is 0.102. The molecule has 1 aromatic carbocycles. The molecule has 0 unspecified atom stereocenters. The fourth-order valence-corrected chi connectivity index (χ4v) is 4.48. The maximum absolute atomic E-state index is 12.9. The van der Waals surface area contributed by atoms with E-state index in [9.17, 15) is 9.90 Å². The van der Waals surface area contributed by atoms with Crippen LogP contribution in [-0.2, 0) is 12.8 Å². The van der Waals surface area contributed by atoms with Gasteiger partial charge in [0.05, 0.1) is 16.9 Å². The average molecular weight is 444 g/mol. The van der Waals surface area contributed by atoms with Crippen LogP contribution in [0.1, 0.15) is 26.5 Å². The number of carbonyl (C=O) groups excluding carboxylic acids is 1. The van der Waals surface area contributed by atoms with Crippen molar-refractivity contribution in [2.75, 3.05) is 30.8 Å². The molecule has 7 nitrogen and oxygen atoms in total. The summed E-state index contributed by atoms with van der Waals surface area (Å²) in [5.74, 6) is -0.123. The van der Waals surface area contributed by atoms with Gasteiger partial charge in [-0.1, -0.05) is 17.7 Å². The Bertz CT molecular complexity index is 1060. The molecular weight excluding hydrogens is 422 g/mol. The molecule has 4 rings (SSSR count). The number of thiazole rings is 1. The second-order valence-corrected chi connectivity index (χ2v) is 8.86. The zero-order valence-corrected chi connectivity index (χ0v) is 18.3. The number of pyridine rings is 1. The third-order valence-electron chi connectivity index (χ3n) is 4.94. The van der Waals surface area contributed by atoms with Crippen LogP contribution in [0.5, 0.6) is 5.75 Å². The van der Waals surface area contributed by atoms with Crippen LogP contribution in [-0.4, -0.2) is 46.0 Å². The molecule has 2 aromatic heterocycles. The lowest BCUT2D eigenvalue weighted by atomic mass is 10.1. The molecule has 0 atom stereocenters. The SMILES string of the molecule is Cc1ccc(NC(=O)c2cc(Cl)cc(O)c2Nc2nc3c(s2)CCN(C)CC3)nc1. The number of carbonyl (C=O) groups is 1. The second kappa shape index (κ2) is 8.59. The van der Waals surface area contributed by atoms with E-state index in [0.717, 1.165) is 37.2 Å². The molecule has 30 heavy (non-hydrogen) atoms. The van der Waals surface area contributed by atoms with Crippen LogP contribution in [0.15, 0.2) is 30.5 Å². The van der Waals surface area contributed by atoms with Gasteiger partial charge < -0.3 is 20.6 Å². The summed E-state index contributed by atoms with van der Waals surface area (Å²) in [5.41, 5.74) is 2.54. The largest absolute Gasteiger partial charge is 0.506 e. The summed E-state index contributed by atoms with van der Waals surface area (Å²) in [6, 6.07) is 6.50. The Morgan fingerprint density at radius 3 is 2.83 bits per heavy atom. The molecule has 0 saturated heterocycles. The number of phenols is 1. The summed E-state index contributed by atoms with van der Waals surface area (Å²) in [6.07, 6.45) is 3.48. The minimum atomic E-state index is -0.425. The number of nitrogens with zero attached hydrogens (tertiary/aromatic N) is 3. The Hall–Kier alpha value is -2.68. The number of aromatic nitrogens is 2. The number of hydrogen-bond acceptors (Lipinski definition) is 7. The van der Waals surface area contributed by atoms with Crippen molar-refractivity contribution in [3.63, 3.8) is 0 Å². The van der Waals surface area contributed by atoms with Crippen molar-refractivity contribution in [1.29, 1.82) is 0 Å². The number of halogens is 1. The van der Waals surface area contributed by atoms with E-state index in [1.54, 1.807) is 23.6 Å². The molecule has 156 valence electrons. The maximum atomic E-state index is 12.9. The van der Waals surface area contributed by atoms with Crippen LogP contribution >= 0.6 is 22.9 Å². The molecule has 0 aliphatic carbocycles.